The molecule has 0 aliphatic carbocycles. The summed E-state index contributed by atoms with van der Waals surface area (Å²) in [5.41, 5.74) is 0. The second kappa shape index (κ2) is 27.3. The number of hydrogen-bond acceptors (Lipinski definition) is 14. The number of nitrogens with zero attached hydrogens (tertiary/aromatic N) is 1. The minimum atomic E-state index is -0.912. The van der Waals surface area contributed by atoms with Crippen LogP contribution in [0.3, 0.4) is 0 Å². The highest BCUT2D eigenvalue weighted by atomic mass is 32.1. The standard InChI is InChI=1S/C27H45N5O12S2/c33-22(29-8-13-43-45)2-1-21(27(38)30-9-14-44-46)31-24(35)6-11-39-15-17-41-19-20-42-18-16-40-12-7-28-23(34)5-10-32-25(36)3-4-26(32)37/h3-4,21,45-46H,1-2,5-20H2,(H,28,34)(H,29,33)(H,30,38)(H,31,35)/t21-/m0/s1. The Balaban J connectivity index is 2.01. The van der Waals surface area contributed by atoms with Crippen LogP contribution in [0.15, 0.2) is 12.2 Å². The van der Waals surface area contributed by atoms with Gasteiger partial charge in [0.15, 0.2) is 0 Å². The molecule has 46 heavy (non-hydrogen) atoms. The second-order valence-electron chi connectivity index (χ2n) is 9.43. The zero-order chi connectivity index (χ0) is 33.8. The molecule has 6 amide bonds. The first-order valence-corrected chi connectivity index (χ1v) is 15.5. The van der Waals surface area contributed by atoms with Crippen LogP contribution in [0, 0.1) is 0 Å². The van der Waals surface area contributed by atoms with Gasteiger partial charge in [0.25, 0.3) is 11.8 Å². The Morgan fingerprint density at radius 3 is 1.65 bits per heavy atom. The molecular weight excluding hydrogens is 650 g/mol. The molecule has 1 atom stereocenters. The van der Waals surface area contributed by atoms with Crippen molar-refractivity contribution < 1.29 is 56.1 Å². The summed E-state index contributed by atoms with van der Waals surface area (Å²) in [7, 11) is 0. The van der Waals surface area contributed by atoms with Crippen molar-refractivity contribution in [2.45, 2.75) is 31.7 Å². The topological polar surface area (TPSA) is 209 Å². The van der Waals surface area contributed by atoms with Crippen LogP contribution in [-0.4, -0.2) is 139 Å². The highest BCUT2D eigenvalue weighted by Gasteiger charge is 2.23. The van der Waals surface area contributed by atoms with E-state index < -0.39 is 29.7 Å². The van der Waals surface area contributed by atoms with Crippen LogP contribution in [0.2, 0.25) is 0 Å². The number of carbonyl (C=O) groups excluding carboxylic acids is 6. The number of carbonyl (C=O) groups is 6. The quantitative estimate of drug-likeness (QED) is 0.0219. The second-order valence-corrected chi connectivity index (χ2v) is 9.94. The van der Waals surface area contributed by atoms with Gasteiger partial charge in [0.05, 0.1) is 66.1 Å². The maximum atomic E-state index is 12.5. The first kappa shape index (κ1) is 41.2. The van der Waals surface area contributed by atoms with E-state index in [-0.39, 0.29) is 90.2 Å². The summed E-state index contributed by atoms with van der Waals surface area (Å²) in [4.78, 5) is 72.4. The number of amides is 6. The lowest BCUT2D eigenvalue weighted by Gasteiger charge is -2.18. The number of rotatable bonds is 29. The molecule has 19 heteroatoms. The Morgan fingerprint density at radius 2 is 1.09 bits per heavy atom. The van der Waals surface area contributed by atoms with Crippen molar-refractivity contribution in [1.82, 2.24) is 26.2 Å². The van der Waals surface area contributed by atoms with E-state index in [1.165, 1.54) is 12.2 Å². The van der Waals surface area contributed by atoms with E-state index in [9.17, 15) is 28.8 Å². The lowest BCUT2D eigenvalue weighted by Crippen LogP contribution is -2.48. The summed E-state index contributed by atoms with van der Waals surface area (Å²) in [5.74, 6) is -2.26. The average molecular weight is 696 g/mol. The molecule has 0 unspecified atom stereocenters. The molecule has 0 fully saturated rings. The van der Waals surface area contributed by atoms with E-state index in [0.29, 0.717) is 39.6 Å². The van der Waals surface area contributed by atoms with Crippen molar-refractivity contribution in [3.63, 3.8) is 0 Å². The van der Waals surface area contributed by atoms with Gasteiger partial charge in [0.1, 0.15) is 6.04 Å². The SMILES string of the molecule is O=C(CC[C@H](NC(=O)CCOCCOCCOCCOCCNC(=O)CCN1C(=O)C=CC1=O)C(=O)NCCOS)NCCOS. The van der Waals surface area contributed by atoms with Crippen molar-refractivity contribution in [3.8, 4) is 0 Å². The molecule has 0 saturated heterocycles. The Bertz CT molecular complexity index is 957. The van der Waals surface area contributed by atoms with Crippen molar-refractivity contribution in [1.29, 1.82) is 0 Å². The summed E-state index contributed by atoms with van der Waals surface area (Å²) in [5, 5.41) is 10.5. The van der Waals surface area contributed by atoms with Gasteiger partial charge in [-0.25, -0.2) is 0 Å². The number of thiol groups is 2. The zero-order valence-electron chi connectivity index (χ0n) is 25.7. The van der Waals surface area contributed by atoms with Crippen molar-refractivity contribution >= 4 is 61.3 Å². The number of imide groups is 1. The molecule has 17 nitrogen and oxygen atoms in total. The van der Waals surface area contributed by atoms with Gasteiger partial charge in [0.2, 0.25) is 23.6 Å². The Kier molecular flexibility index (Phi) is 24.5. The molecule has 0 aromatic rings. The fourth-order valence-electron chi connectivity index (χ4n) is 3.62. The summed E-state index contributed by atoms with van der Waals surface area (Å²) >= 11 is 7.21. The Morgan fingerprint density at radius 1 is 0.609 bits per heavy atom. The van der Waals surface area contributed by atoms with Gasteiger partial charge in [-0.2, -0.15) is 0 Å². The third-order valence-electron chi connectivity index (χ3n) is 5.94. The molecule has 1 rings (SSSR count). The molecule has 0 radical (unpaired) electrons. The summed E-state index contributed by atoms with van der Waals surface area (Å²) in [6.07, 6.45) is 2.50. The van der Waals surface area contributed by atoms with Gasteiger partial charge in [-0.3, -0.25) is 33.7 Å². The smallest absolute Gasteiger partial charge is 0.253 e. The molecule has 262 valence electrons. The summed E-state index contributed by atoms with van der Waals surface area (Å²) in [6, 6.07) is -0.912. The van der Waals surface area contributed by atoms with E-state index in [4.69, 9.17) is 18.9 Å². The van der Waals surface area contributed by atoms with Crippen molar-refractivity contribution in [2.75, 3.05) is 92.2 Å². The van der Waals surface area contributed by atoms with E-state index in [1.54, 1.807) is 0 Å². The number of ether oxygens (including phenoxy) is 4. The van der Waals surface area contributed by atoms with Crippen LogP contribution < -0.4 is 21.3 Å². The molecule has 4 N–H and O–H groups in total. The van der Waals surface area contributed by atoms with Gasteiger partial charge >= 0.3 is 0 Å². The van der Waals surface area contributed by atoms with Crippen LogP contribution in [0.5, 0.6) is 0 Å². The lowest BCUT2D eigenvalue weighted by molar-refractivity contribution is -0.137. The molecule has 0 spiro atoms. The van der Waals surface area contributed by atoms with Crippen LogP contribution in [-0.2, 0) is 56.1 Å². The maximum absolute atomic E-state index is 12.5. The fraction of sp³-hybridized carbons (Fsp3) is 0.704. The maximum Gasteiger partial charge on any atom is 0.253 e. The fourth-order valence-corrected chi connectivity index (χ4v) is 3.80. The average Bonchev–Trinajstić information content (AvgIpc) is 3.36. The molecule has 0 bridgehead atoms. The monoisotopic (exact) mass is 695 g/mol. The van der Waals surface area contributed by atoms with Crippen LogP contribution in [0.4, 0.5) is 0 Å². The molecule has 0 saturated carbocycles. The van der Waals surface area contributed by atoms with Gasteiger partial charge in [-0.15, -0.1) is 0 Å². The number of nitrogens with one attached hydrogen (secondary N) is 4. The van der Waals surface area contributed by atoms with Gasteiger partial charge in [0, 0.05) is 57.6 Å². The van der Waals surface area contributed by atoms with Gasteiger partial charge in [-0.05, 0) is 32.2 Å². The Labute approximate surface area is 279 Å². The predicted molar refractivity (Wildman–Crippen MR) is 168 cm³/mol. The third kappa shape index (κ3) is 21.1. The molecule has 1 aliphatic rings. The molecule has 0 aromatic carbocycles. The zero-order valence-corrected chi connectivity index (χ0v) is 27.5. The van der Waals surface area contributed by atoms with Crippen LogP contribution >= 0.6 is 25.8 Å². The third-order valence-corrected chi connectivity index (χ3v) is 6.31. The van der Waals surface area contributed by atoms with E-state index in [0.717, 1.165) is 4.90 Å². The number of hydrogen-bond donors (Lipinski definition) is 6. The molecular formula is C27H45N5O12S2. The molecule has 1 aliphatic heterocycles. The largest absolute Gasteiger partial charge is 0.379 e. The van der Waals surface area contributed by atoms with E-state index in [1.807, 2.05) is 0 Å². The minimum Gasteiger partial charge on any atom is -0.379 e. The lowest BCUT2D eigenvalue weighted by atomic mass is 10.1. The van der Waals surface area contributed by atoms with E-state index >= 15 is 0 Å². The summed E-state index contributed by atoms with van der Waals surface area (Å²) in [6.45, 7) is 3.50. The van der Waals surface area contributed by atoms with Crippen LogP contribution in [0.1, 0.15) is 25.7 Å². The molecule has 0 aromatic heterocycles. The van der Waals surface area contributed by atoms with Crippen molar-refractivity contribution in [2.24, 2.45) is 0 Å². The summed E-state index contributed by atoms with van der Waals surface area (Å²) < 4.78 is 30.8. The molecule has 1 heterocycles. The minimum absolute atomic E-state index is 0.0140. The Hall–Kier alpha value is -2.78. The normalized spacial score (nSPS) is 13.1. The predicted octanol–water partition coefficient (Wildman–Crippen LogP) is -1.91. The highest BCUT2D eigenvalue weighted by Crippen LogP contribution is 2.04. The first-order chi connectivity index (χ1) is 22.3. The van der Waals surface area contributed by atoms with Crippen molar-refractivity contribution in [3.05, 3.63) is 12.2 Å². The van der Waals surface area contributed by atoms with Gasteiger partial charge < -0.3 is 48.6 Å². The first-order valence-electron chi connectivity index (χ1n) is 14.8. The van der Waals surface area contributed by atoms with Crippen LogP contribution in [0.25, 0.3) is 0 Å². The van der Waals surface area contributed by atoms with E-state index in [2.05, 4.69) is 55.5 Å². The van der Waals surface area contributed by atoms with Gasteiger partial charge in [-0.1, -0.05) is 0 Å². The highest BCUT2D eigenvalue weighted by molar-refractivity contribution is 7.75.